The third kappa shape index (κ3) is 17.6. The first kappa shape index (κ1) is 32.2. The van der Waals surface area contributed by atoms with E-state index in [-0.39, 0.29) is 0 Å². The zero-order valence-corrected chi connectivity index (χ0v) is 24.2. The Labute approximate surface area is 200 Å². The first-order chi connectivity index (χ1) is 15.3. The molecule has 32 heavy (non-hydrogen) atoms. The van der Waals surface area contributed by atoms with E-state index in [9.17, 15) is 0 Å². The van der Waals surface area contributed by atoms with Crippen LogP contribution >= 0.6 is 0 Å². The second-order valence-corrected chi connectivity index (χ2v) is 16.1. The van der Waals surface area contributed by atoms with E-state index in [1.165, 1.54) is 38.5 Å². The van der Waals surface area contributed by atoms with Crippen LogP contribution in [-0.4, -0.2) is 97.0 Å². The van der Waals surface area contributed by atoms with Gasteiger partial charge < -0.3 is 32.1 Å². The molecule has 0 aromatic carbocycles. The van der Waals surface area contributed by atoms with Crippen LogP contribution in [0.15, 0.2) is 0 Å². The predicted molar refractivity (Wildman–Crippen MR) is 137 cm³/mol. The molecule has 0 saturated carbocycles. The Morgan fingerprint density at radius 1 is 0.500 bits per heavy atom. The zero-order chi connectivity index (χ0) is 24.1. The molecule has 0 saturated heterocycles. The van der Waals surface area contributed by atoms with Crippen LogP contribution in [0.1, 0.15) is 51.4 Å². The molecule has 0 amide bonds. The summed E-state index contributed by atoms with van der Waals surface area (Å²) in [6.45, 7) is 9.45. The number of likely N-dealkylation sites (N-methyl/N-ethyl adjacent to an activating group) is 1. The van der Waals surface area contributed by atoms with Crippen molar-refractivity contribution in [2.45, 2.75) is 76.5 Å². The summed E-state index contributed by atoms with van der Waals surface area (Å²) in [5.74, 6) is 0. The van der Waals surface area contributed by atoms with E-state index in [1.54, 1.807) is 28.4 Å². The van der Waals surface area contributed by atoms with Crippen molar-refractivity contribution >= 4 is 17.1 Å². The Balaban J connectivity index is 3.38. The highest BCUT2D eigenvalue weighted by Gasteiger charge is 2.28. The summed E-state index contributed by atoms with van der Waals surface area (Å²) in [6, 6.07) is 2.13. The van der Waals surface area contributed by atoms with Gasteiger partial charge in [-0.3, -0.25) is 0 Å². The normalized spacial score (nSPS) is 12.8. The molecule has 7 nitrogen and oxygen atoms in total. The highest BCUT2D eigenvalue weighted by atomic mass is 28.4. The molecule has 0 aliphatic rings. The number of ether oxygens (including phenoxy) is 2. The second-order valence-electron chi connectivity index (χ2n) is 8.94. The van der Waals surface area contributed by atoms with Crippen LogP contribution < -0.4 is 0 Å². The van der Waals surface area contributed by atoms with E-state index >= 15 is 0 Å². The van der Waals surface area contributed by atoms with Gasteiger partial charge in [-0.15, -0.1) is 0 Å². The lowest BCUT2D eigenvalue weighted by atomic mass is 10.2. The predicted octanol–water partition coefficient (Wildman–Crippen LogP) is 4.80. The Bertz CT molecular complexity index is 376. The standard InChI is InChI=1S/C23H53NO6Si2/c1-24(16-20-29-18-12-8-10-14-22-31(6,25-2)26-3)17-21-30-19-13-9-11-15-23-32(7,27-4)28-5/h8-23H2,1-7H3. The Hall–Kier alpha value is 0.154. The van der Waals surface area contributed by atoms with Gasteiger partial charge in [-0.1, -0.05) is 38.5 Å². The van der Waals surface area contributed by atoms with Crippen molar-refractivity contribution in [3.05, 3.63) is 0 Å². The molecule has 0 fully saturated rings. The van der Waals surface area contributed by atoms with Gasteiger partial charge in [-0.2, -0.15) is 0 Å². The second kappa shape index (κ2) is 20.5. The first-order valence-electron chi connectivity index (χ1n) is 12.4. The van der Waals surface area contributed by atoms with E-state index in [1.807, 2.05) is 0 Å². The van der Waals surface area contributed by atoms with Crippen LogP contribution in [0.2, 0.25) is 25.2 Å². The van der Waals surface area contributed by atoms with Gasteiger partial charge in [-0.25, -0.2) is 0 Å². The summed E-state index contributed by atoms with van der Waals surface area (Å²) in [4.78, 5) is 2.28. The van der Waals surface area contributed by atoms with E-state index in [4.69, 9.17) is 27.2 Å². The molecule has 0 aliphatic carbocycles. The van der Waals surface area contributed by atoms with Crippen molar-refractivity contribution in [3.8, 4) is 0 Å². The number of hydrogen-bond donors (Lipinski definition) is 0. The molecule has 0 spiro atoms. The Morgan fingerprint density at radius 3 is 1.19 bits per heavy atom. The average molecular weight is 496 g/mol. The topological polar surface area (TPSA) is 58.6 Å². The molecular formula is C23H53NO6Si2. The highest BCUT2D eigenvalue weighted by Crippen LogP contribution is 2.17. The van der Waals surface area contributed by atoms with Crippen molar-refractivity contribution in [1.82, 2.24) is 4.90 Å². The number of rotatable bonds is 24. The number of hydrogen-bond acceptors (Lipinski definition) is 7. The summed E-state index contributed by atoms with van der Waals surface area (Å²) in [5, 5.41) is 0. The van der Waals surface area contributed by atoms with Crippen molar-refractivity contribution in [2.75, 3.05) is 75.0 Å². The van der Waals surface area contributed by atoms with E-state index in [0.29, 0.717) is 0 Å². The summed E-state index contributed by atoms with van der Waals surface area (Å²) in [5.41, 5.74) is 0. The van der Waals surface area contributed by atoms with E-state index in [2.05, 4.69) is 25.0 Å². The van der Waals surface area contributed by atoms with Crippen LogP contribution in [0.25, 0.3) is 0 Å². The fourth-order valence-electron chi connectivity index (χ4n) is 3.34. The molecular weight excluding hydrogens is 442 g/mol. The minimum atomic E-state index is -1.88. The van der Waals surface area contributed by atoms with Gasteiger partial charge in [0.15, 0.2) is 0 Å². The van der Waals surface area contributed by atoms with Crippen molar-refractivity contribution < 1.29 is 27.2 Å². The fraction of sp³-hybridized carbons (Fsp3) is 1.00. The molecule has 0 radical (unpaired) electrons. The van der Waals surface area contributed by atoms with Crippen molar-refractivity contribution in [1.29, 1.82) is 0 Å². The summed E-state index contributed by atoms with van der Waals surface area (Å²) in [6.07, 6.45) is 9.47. The third-order valence-electron chi connectivity index (χ3n) is 6.30. The summed E-state index contributed by atoms with van der Waals surface area (Å²) < 4.78 is 33.6. The van der Waals surface area contributed by atoms with Gasteiger partial charge in [-0.05, 0) is 45.1 Å². The number of nitrogens with zero attached hydrogens (tertiary/aromatic N) is 1. The van der Waals surface area contributed by atoms with Crippen LogP contribution in [-0.2, 0) is 27.2 Å². The third-order valence-corrected chi connectivity index (χ3v) is 12.3. The average Bonchev–Trinajstić information content (AvgIpc) is 2.81. The van der Waals surface area contributed by atoms with E-state index < -0.39 is 17.1 Å². The molecule has 0 aliphatic heterocycles. The molecule has 194 valence electrons. The van der Waals surface area contributed by atoms with Crippen LogP contribution in [0.3, 0.4) is 0 Å². The first-order valence-corrected chi connectivity index (χ1v) is 17.4. The molecule has 9 heteroatoms. The smallest absolute Gasteiger partial charge is 0.334 e. The summed E-state index contributed by atoms with van der Waals surface area (Å²) in [7, 11) is 5.42. The maximum Gasteiger partial charge on any atom is 0.334 e. The van der Waals surface area contributed by atoms with Crippen LogP contribution in [0.5, 0.6) is 0 Å². The van der Waals surface area contributed by atoms with Gasteiger partial charge in [0.2, 0.25) is 0 Å². The largest absolute Gasteiger partial charge is 0.398 e. The molecule has 0 heterocycles. The molecule has 0 aromatic rings. The maximum absolute atomic E-state index is 5.78. The molecule has 0 aromatic heterocycles. The van der Waals surface area contributed by atoms with E-state index in [0.717, 1.165) is 64.4 Å². The lowest BCUT2D eigenvalue weighted by Gasteiger charge is -2.22. The van der Waals surface area contributed by atoms with Crippen LogP contribution in [0.4, 0.5) is 0 Å². The van der Waals surface area contributed by atoms with Gasteiger partial charge in [0.05, 0.1) is 13.2 Å². The zero-order valence-electron chi connectivity index (χ0n) is 22.2. The minimum absolute atomic E-state index is 0.792. The molecule has 0 rings (SSSR count). The number of unbranched alkanes of at least 4 members (excludes halogenated alkanes) is 6. The SMILES string of the molecule is CO[Si](C)(CCCCCCOCCN(C)CCOCCCCCC[Si](C)(OC)OC)OC. The monoisotopic (exact) mass is 495 g/mol. The minimum Gasteiger partial charge on any atom is -0.398 e. The lowest BCUT2D eigenvalue weighted by Crippen LogP contribution is -2.35. The van der Waals surface area contributed by atoms with Gasteiger partial charge in [0, 0.05) is 54.7 Å². The Kier molecular flexibility index (Phi) is 20.6. The Morgan fingerprint density at radius 2 is 0.844 bits per heavy atom. The van der Waals surface area contributed by atoms with Crippen molar-refractivity contribution in [3.63, 3.8) is 0 Å². The highest BCUT2D eigenvalue weighted by molar-refractivity contribution is 6.66. The van der Waals surface area contributed by atoms with Gasteiger partial charge in [0.25, 0.3) is 0 Å². The molecule has 0 unspecified atom stereocenters. The maximum atomic E-state index is 5.78. The van der Waals surface area contributed by atoms with Gasteiger partial charge in [0.1, 0.15) is 0 Å². The van der Waals surface area contributed by atoms with Gasteiger partial charge >= 0.3 is 17.1 Å². The summed E-state index contributed by atoms with van der Waals surface area (Å²) >= 11 is 0. The lowest BCUT2D eigenvalue weighted by molar-refractivity contribution is 0.0815. The van der Waals surface area contributed by atoms with Crippen LogP contribution in [0, 0.1) is 0 Å². The molecule has 0 N–H and O–H groups in total. The molecule has 0 atom stereocenters. The fourth-order valence-corrected chi connectivity index (χ4v) is 6.27. The quantitative estimate of drug-likeness (QED) is 0.141. The molecule has 0 bridgehead atoms. The van der Waals surface area contributed by atoms with Crippen molar-refractivity contribution in [2.24, 2.45) is 0 Å².